The first-order valence-electron chi connectivity index (χ1n) is 6.43. The fourth-order valence-corrected chi connectivity index (χ4v) is 1.80. The number of aromatic amines is 1. The standard InChI is InChI=1S/C14H16N4O3/c19-13(20)12(6-11-8-15-9-17-11)18-14(21)16-7-10-4-2-1-3-5-10/h1-5,8-9,12H,6-7H2,(H,15,17)(H,19,20)(H2,16,18,21)/t12-/m0/s1. The molecule has 0 saturated carbocycles. The number of aromatic nitrogens is 2. The molecule has 2 rings (SSSR count). The van der Waals surface area contributed by atoms with Gasteiger partial charge in [-0.15, -0.1) is 0 Å². The molecule has 1 aromatic carbocycles. The number of carbonyl (C=O) groups excluding carboxylic acids is 1. The van der Waals surface area contributed by atoms with Gasteiger partial charge in [0, 0.05) is 24.9 Å². The average Bonchev–Trinajstić information content (AvgIpc) is 2.98. The first kappa shape index (κ1) is 14.6. The maximum absolute atomic E-state index is 11.7. The second-order valence-corrected chi connectivity index (χ2v) is 4.48. The summed E-state index contributed by atoms with van der Waals surface area (Å²) in [5.41, 5.74) is 1.58. The highest BCUT2D eigenvalue weighted by Crippen LogP contribution is 2.00. The van der Waals surface area contributed by atoms with Crippen molar-refractivity contribution in [1.29, 1.82) is 0 Å². The number of aliphatic carboxylic acids is 1. The molecule has 0 bridgehead atoms. The molecular formula is C14H16N4O3. The van der Waals surface area contributed by atoms with Crippen LogP contribution < -0.4 is 10.6 Å². The molecule has 0 aliphatic rings. The number of nitrogens with one attached hydrogen (secondary N) is 3. The van der Waals surface area contributed by atoms with E-state index >= 15 is 0 Å². The number of urea groups is 1. The Morgan fingerprint density at radius 3 is 2.67 bits per heavy atom. The Hall–Kier alpha value is -2.83. The molecule has 2 aromatic rings. The maximum Gasteiger partial charge on any atom is 0.326 e. The highest BCUT2D eigenvalue weighted by Gasteiger charge is 2.20. The van der Waals surface area contributed by atoms with Crippen molar-refractivity contribution in [1.82, 2.24) is 20.6 Å². The quantitative estimate of drug-likeness (QED) is 0.633. The van der Waals surface area contributed by atoms with Crippen molar-refractivity contribution in [2.45, 2.75) is 19.0 Å². The molecule has 0 spiro atoms. The van der Waals surface area contributed by atoms with Crippen molar-refractivity contribution in [3.63, 3.8) is 0 Å². The number of carboxylic acid groups (broad SMARTS) is 1. The molecule has 7 nitrogen and oxygen atoms in total. The Balaban J connectivity index is 1.85. The third kappa shape index (κ3) is 4.64. The maximum atomic E-state index is 11.7. The van der Waals surface area contributed by atoms with Crippen LogP contribution in [0, 0.1) is 0 Å². The van der Waals surface area contributed by atoms with Crippen molar-refractivity contribution >= 4 is 12.0 Å². The molecular weight excluding hydrogens is 272 g/mol. The molecule has 1 heterocycles. The summed E-state index contributed by atoms with van der Waals surface area (Å²) in [7, 11) is 0. The molecule has 0 saturated heterocycles. The number of rotatable bonds is 6. The van der Waals surface area contributed by atoms with Crippen molar-refractivity contribution in [3.05, 3.63) is 54.1 Å². The summed E-state index contributed by atoms with van der Waals surface area (Å²) in [6.07, 6.45) is 3.14. The minimum atomic E-state index is -1.10. The van der Waals surface area contributed by atoms with Crippen LogP contribution in [0.4, 0.5) is 4.79 Å². The third-order valence-corrected chi connectivity index (χ3v) is 2.88. The van der Waals surface area contributed by atoms with Crippen LogP contribution in [0.1, 0.15) is 11.3 Å². The lowest BCUT2D eigenvalue weighted by Gasteiger charge is -2.14. The van der Waals surface area contributed by atoms with Crippen LogP contribution >= 0.6 is 0 Å². The zero-order chi connectivity index (χ0) is 15.1. The molecule has 0 radical (unpaired) electrons. The Morgan fingerprint density at radius 1 is 1.29 bits per heavy atom. The summed E-state index contributed by atoms with van der Waals surface area (Å²) in [5, 5.41) is 14.2. The highest BCUT2D eigenvalue weighted by molar-refractivity contribution is 5.82. The molecule has 4 N–H and O–H groups in total. The second kappa shape index (κ2) is 7.09. The number of benzene rings is 1. The van der Waals surface area contributed by atoms with Crippen molar-refractivity contribution in [2.75, 3.05) is 0 Å². The monoisotopic (exact) mass is 288 g/mol. The van der Waals surface area contributed by atoms with E-state index in [4.69, 9.17) is 5.11 Å². The van der Waals surface area contributed by atoms with Crippen LogP contribution in [0.15, 0.2) is 42.9 Å². The summed E-state index contributed by atoms with van der Waals surface area (Å²) in [4.78, 5) is 29.5. The van der Waals surface area contributed by atoms with Gasteiger partial charge >= 0.3 is 12.0 Å². The van der Waals surface area contributed by atoms with E-state index in [1.807, 2.05) is 30.3 Å². The average molecular weight is 288 g/mol. The Bertz CT molecular complexity index is 584. The number of imidazole rings is 1. The van der Waals surface area contributed by atoms with Crippen LogP contribution in [-0.4, -0.2) is 33.1 Å². The predicted molar refractivity (Wildman–Crippen MR) is 75.5 cm³/mol. The highest BCUT2D eigenvalue weighted by atomic mass is 16.4. The molecule has 0 aliphatic carbocycles. The van der Waals surface area contributed by atoms with E-state index in [0.717, 1.165) is 5.56 Å². The number of H-pyrrole nitrogens is 1. The van der Waals surface area contributed by atoms with E-state index in [0.29, 0.717) is 12.2 Å². The molecule has 7 heteroatoms. The third-order valence-electron chi connectivity index (χ3n) is 2.88. The minimum absolute atomic E-state index is 0.147. The Kier molecular flexibility index (Phi) is 4.92. The summed E-state index contributed by atoms with van der Waals surface area (Å²) in [5.74, 6) is -1.10. The molecule has 110 valence electrons. The number of hydrogen-bond donors (Lipinski definition) is 4. The number of carbonyl (C=O) groups is 2. The lowest BCUT2D eigenvalue weighted by Crippen LogP contribution is -2.46. The molecule has 1 aromatic heterocycles. The van der Waals surface area contributed by atoms with Gasteiger partial charge in [0.25, 0.3) is 0 Å². The molecule has 1 atom stereocenters. The molecule has 0 fully saturated rings. The second-order valence-electron chi connectivity index (χ2n) is 4.48. The number of nitrogens with zero attached hydrogens (tertiary/aromatic N) is 1. The Morgan fingerprint density at radius 2 is 2.05 bits per heavy atom. The van der Waals surface area contributed by atoms with Crippen LogP contribution in [0.3, 0.4) is 0 Å². The van der Waals surface area contributed by atoms with Gasteiger partial charge < -0.3 is 20.7 Å². The SMILES string of the molecule is O=C(NCc1ccccc1)N[C@@H](Cc1cnc[nH]1)C(=O)O. The van der Waals surface area contributed by atoms with Gasteiger partial charge in [-0.1, -0.05) is 30.3 Å². The zero-order valence-corrected chi connectivity index (χ0v) is 11.2. The number of hydrogen-bond acceptors (Lipinski definition) is 3. The number of amides is 2. The molecule has 2 amide bonds. The predicted octanol–water partition coefficient (Wildman–Crippen LogP) is 0.905. The minimum Gasteiger partial charge on any atom is -0.480 e. The van der Waals surface area contributed by atoms with Gasteiger partial charge in [-0.25, -0.2) is 14.6 Å². The van der Waals surface area contributed by atoms with E-state index in [-0.39, 0.29) is 6.42 Å². The van der Waals surface area contributed by atoms with Crippen molar-refractivity contribution < 1.29 is 14.7 Å². The van der Waals surface area contributed by atoms with Crippen LogP contribution in [-0.2, 0) is 17.8 Å². The van der Waals surface area contributed by atoms with Crippen molar-refractivity contribution in [2.24, 2.45) is 0 Å². The van der Waals surface area contributed by atoms with Gasteiger partial charge in [-0.05, 0) is 5.56 Å². The smallest absolute Gasteiger partial charge is 0.326 e. The lowest BCUT2D eigenvalue weighted by atomic mass is 10.1. The largest absolute Gasteiger partial charge is 0.480 e. The van der Waals surface area contributed by atoms with Gasteiger partial charge in [-0.2, -0.15) is 0 Å². The van der Waals surface area contributed by atoms with Crippen LogP contribution in [0.2, 0.25) is 0 Å². The summed E-state index contributed by atoms with van der Waals surface area (Å²) < 4.78 is 0. The van der Waals surface area contributed by atoms with Crippen LogP contribution in [0.25, 0.3) is 0 Å². The lowest BCUT2D eigenvalue weighted by molar-refractivity contribution is -0.139. The summed E-state index contributed by atoms with van der Waals surface area (Å²) in [6.45, 7) is 0.336. The van der Waals surface area contributed by atoms with Gasteiger partial charge in [0.1, 0.15) is 6.04 Å². The van der Waals surface area contributed by atoms with Gasteiger partial charge in [0.15, 0.2) is 0 Å². The van der Waals surface area contributed by atoms with E-state index in [1.54, 1.807) is 0 Å². The van der Waals surface area contributed by atoms with Gasteiger partial charge in [0.2, 0.25) is 0 Å². The molecule has 0 unspecified atom stereocenters. The van der Waals surface area contributed by atoms with Gasteiger partial charge in [0.05, 0.1) is 6.33 Å². The van der Waals surface area contributed by atoms with E-state index < -0.39 is 18.0 Å². The van der Waals surface area contributed by atoms with Gasteiger partial charge in [-0.3, -0.25) is 0 Å². The normalized spacial score (nSPS) is 11.6. The number of carboxylic acids is 1. The fraction of sp³-hybridized carbons (Fsp3) is 0.214. The fourth-order valence-electron chi connectivity index (χ4n) is 1.80. The topological polar surface area (TPSA) is 107 Å². The van der Waals surface area contributed by atoms with Crippen molar-refractivity contribution in [3.8, 4) is 0 Å². The first-order valence-corrected chi connectivity index (χ1v) is 6.43. The van der Waals surface area contributed by atoms with E-state index in [9.17, 15) is 9.59 Å². The zero-order valence-electron chi connectivity index (χ0n) is 11.2. The van der Waals surface area contributed by atoms with E-state index in [1.165, 1.54) is 12.5 Å². The molecule has 0 aliphatic heterocycles. The molecule has 21 heavy (non-hydrogen) atoms. The first-order chi connectivity index (χ1) is 10.1. The van der Waals surface area contributed by atoms with Crippen LogP contribution in [0.5, 0.6) is 0 Å². The summed E-state index contributed by atoms with van der Waals surface area (Å²) >= 11 is 0. The summed E-state index contributed by atoms with van der Waals surface area (Å²) in [6, 6.07) is 7.83. The Labute approximate surface area is 121 Å². The van der Waals surface area contributed by atoms with E-state index in [2.05, 4.69) is 20.6 Å².